The predicted octanol–water partition coefficient (Wildman–Crippen LogP) is 1.64. The van der Waals surface area contributed by atoms with E-state index in [1.165, 1.54) is 0 Å². The predicted molar refractivity (Wildman–Crippen MR) is 94.5 cm³/mol. The Bertz CT molecular complexity index is 723. The van der Waals surface area contributed by atoms with Crippen LogP contribution in [0.1, 0.15) is 29.0 Å². The van der Waals surface area contributed by atoms with Gasteiger partial charge in [0.15, 0.2) is 5.16 Å². The highest BCUT2D eigenvalue weighted by Gasteiger charge is 2.23. The van der Waals surface area contributed by atoms with Gasteiger partial charge in [-0.25, -0.2) is 15.0 Å². The Labute approximate surface area is 145 Å². The van der Waals surface area contributed by atoms with Crippen LogP contribution in [0.2, 0.25) is 0 Å². The maximum absolute atomic E-state index is 12.3. The molecule has 0 saturated carbocycles. The fourth-order valence-corrected chi connectivity index (χ4v) is 3.29. The third kappa shape index (κ3) is 3.69. The Morgan fingerprint density at radius 1 is 1.33 bits per heavy atom. The second-order valence-electron chi connectivity index (χ2n) is 5.98. The lowest BCUT2D eigenvalue weighted by Gasteiger charge is -2.33. The van der Waals surface area contributed by atoms with E-state index in [1.54, 1.807) is 28.9 Å². The van der Waals surface area contributed by atoms with Crippen molar-refractivity contribution in [2.24, 2.45) is 7.05 Å². The molecular weight excluding hydrogens is 324 g/mol. The monoisotopic (exact) mass is 346 g/mol. The number of rotatable bonds is 4. The summed E-state index contributed by atoms with van der Waals surface area (Å²) >= 11 is 1.56. The zero-order valence-electron chi connectivity index (χ0n) is 14.2. The van der Waals surface area contributed by atoms with E-state index in [-0.39, 0.29) is 11.9 Å². The summed E-state index contributed by atoms with van der Waals surface area (Å²) in [6, 6.07) is 2.21. The van der Waals surface area contributed by atoms with Gasteiger partial charge in [0, 0.05) is 37.9 Å². The van der Waals surface area contributed by atoms with Gasteiger partial charge < -0.3 is 14.8 Å². The van der Waals surface area contributed by atoms with Gasteiger partial charge >= 0.3 is 0 Å². The van der Waals surface area contributed by atoms with Crippen LogP contribution < -0.4 is 10.2 Å². The molecule has 1 amide bonds. The molecule has 2 aromatic rings. The Hall–Kier alpha value is -2.09. The summed E-state index contributed by atoms with van der Waals surface area (Å²) in [4.78, 5) is 27.5. The maximum Gasteiger partial charge on any atom is 0.269 e. The van der Waals surface area contributed by atoms with Crippen LogP contribution in [0.15, 0.2) is 23.7 Å². The lowest BCUT2D eigenvalue weighted by atomic mass is 10.0. The number of hydrogen-bond acceptors (Lipinski definition) is 6. The first-order valence-corrected chi connectivity index (χ1v) is 9.21. The van der Waals surface area contributed by atoms with Gasteiger partial charge in [-0.2, -0.15) is 0 Å². The van der Waals surface area contributed by atoms with E-state index >= 15 is 0 Å². The van der Waals surface area contributed by atoms with Crippen LogP contribution in [0.4, 0.5) is 5.82 Å². The van der Waals surface area contributed by atoms with E-state index in [0.717, 1.165) is 42.6 Å². The van der Waals surface area contributed by atoms with Crippen molar-refractivity contribution in [1.82, 2.24) is 24.8 Å². The van der Waals surface area contributed by atoms with Crippen molar-refractivity contribution in [3.05, 3.63) is 30.0 Å². The quantitative estimate of drug-likeness (QED) is 0.670. The van der Waals surface area contributed by atoms with Crippen LogP contribution >= 0.6 is 11.8 Å². The van der Waals surface area contributed by atoms with Gasteiger partial charge in [0.05, 0.1) is 12.5 Å². The number of anilines is 1. The standard InChI is InChI=1S/C16H22N6OS/c1-11-8-14(20-16(18-11)24-3)22-6-4-12(5-7-22)19-15(23)13-9-17-10-21(13)2/h8-10,12H,4-7H2,1-3H3,(H,19,23). The zero-order chi connectivity index (χ0) is 17.1. The summed E-state index contributed by atoms with van der Waals surface area (Å²) in [7, 11) is 1.82. The fourth-order valence-electron chi connectivity index (χ4n) is 2.87. The molecule has 1 saturated heterocycles. The van der Waals surface area contributed by atoms with Gasteiger partial charge in [0.1, 0.15) is 11.5 Å². The van der Waals surface area contributed by atoms with Crippen LogP contribution in [0, 0.1) is 6.92 Å². The number of hydrogen-bond donors (Lipinski definition) is 1. The second-order valence-corrected chi connectivity index (χ2v) is 6.75. The molecule has 24 heavy (non-hydrogen) atoms. The average molecular weight is 346 g/mol. The molecule has 0 radical (unpaired) electrons. The summed E-state index contributed by atoms with van der Waals surface area (Å²) < 4.78 is 1.73. The number of nitrogens with one attached hydrogen (secondary N) is 1. The molecule has 1 aliphatic rings. The molecular formula is C16H22N6OS. The molecule has 128 valence electrons. The first-order chi connectivity index (χ1) is 11.6. The normalized spacial score (nSPS) is 15.5. The molecule has 8 heteroatoms. The SMILES string of the molecule is CSc1nc(C)cc(N2CCC(NC(=O)c3cncn3C)CC2)n1. The minimum Gasteiger partial charge on any atom is -0.356 e. The van der Waals surface area contributed by atoms with Gasteiger partial charge in [0.25, 0.3) is 5.91 Å². The number of carbonyl (C=O) groups is 1. The molecule has 2 aromatic heterocycles. The third-order valence-corrected chi connectivity index (χ3v) is 4.75. The molecule has 7 nitrogen and oxygen atoms in total. The number of aromatic nitrogens is 4. The molecule has 3 rings (SSSR count). The van der Waals surface area contributed by atoms with Crippen LogP contribution in [0.3, 0.4) is 0 Å². The molecule has 0 atom stereocenters. The number of amides is 1. The highest BCUT2D eigenvalue weighted by atomic mass is 32.2. The van der Waals surface area contributed by atoms with Crippen LogP contribution in [-0.2, 0) is 7.05 Å². The largest absolute Gasteiger partial charge is 0.356 e. The van der Waals surface area contributed by atoms with Gasteiger partial charge in [0.2, 0.25) is 0 Å². The molecule has 1 N–H and O–H groups in total. The summed E-state index contributed by atoms with van der Waals surface area (Å²) in [6.07, 6.45) is 7.03. The van der Waals surface area contributed by atoms with Crippen molar-refractivity contribution in [1.29, 1.82) is 0 Å². The van der Waals surface area contributed by atoms with Crippen molar-refractivity contribution in [2.75, 3.05) is 24.2 Å². The number of piperidine rings is 1. The smallest absolute Gasteiger partial charge is 0.269 e. The first kappa shape index (κ1) is 16.8. The summed E-state index contributed by atoms with van der Waals surface area (Å²) in [5.41, 5.74) is 1.57. The van der Waals surface area contributed by atoms with Crippen molar-refractivity contribution in [2.45, 2.75) is 31.0 Å². The molecule has 1 aliphatic heterocycles. The minimum atomic E-state index is -0.0593. The van der Waals surface area contributed by atoms with Crippen LogP contribution in [0.5, 0.6) is 0 Å². The Morgan fingerprint density at radius 3 is 2.71 bits per heavy atom. The Kier molecular flexibility index (Phi) is 5.03. The van der Waals surface area contributed by atoms with E-state index < -0.39 is 0 Å². The van der Waals surface area contributed by atoms with E-state index in [9.17, 15) is 4.79 Å². The fraction of sp³-hybridized carbons (Fsp3) is 0.500. The summed E-state index contributed by atoms with van der Waals surface area (Å²) in [5, 5.41) is 3.91. The molecule has 0 aromatic carbocycles. The highest BCUT2D eigenvalue weighted by Crippen LogP contribution is 2.21. The van der Waals surface area contributed by atoms with E-state index in [0.29, 0.717) is 5.69 Å². The van der Waals surface area contributed by atoms with Crippen molar-refractivity contribution >= 4 is 23.5 Å². The number of imidazole rings is 1. The molecule has 1 fully saturated rings. The Morgan fingerprint density at radius 2 is 2.08 bits per heavy atom. The van der Waals surface area contributed by atoms with E-state index in [1.807, 2.05) is 26.3 Å². The number of aryl methyl sites for hydroxylation is 2. The second kappa shape index (κ2) is 7.21. The topological polar surface area (TPSA) is 75.9 Å². The maximum atomic E-state index is 12.3. The average Bonchev–Trinajstić information content (AvgIpc) is 3.01. The Balaban J connectivity index is 1.59. The third-order valence-electron chi connectivity index (χ3n) is 4.21. The van der Waals surface area contributed by atoms with E-state index in [2.05, 4.69) is 25.2 Å². The molecule has 0 aliphatic carbocycles. The number of thioether (sulfide) groups is 1. The van der Waals surface area contributed by atoms with Crippen molar-refractivity contribution < 1.29 is 4.79 Å². The number of carbonyl (C=O) groups excluding carboxylic acids is 1. The summed E-state index contributed by atoms with van der Waals surface area (Å²) in [5.74, 6) is 0.916. The van der Waals surface area contributed by atoms with Gasteiger partial charge in [-0.1, -0.05) is 11.8 Å². The zero-order valence-corrected chi connectivity index (χ0v) is 15.0. The van der Waals surface area contributed by atoms with Gasteiger partial charge in [-0.05, 0) is 26.0 Å². The van der Waals surface area contributed by atoms with Crippen LogP contribution in [-0.4, -0.2) is 50.8 Å². The van der Waals surface area contributed by atoms with Gasteiger partial charge in [-0.3, -0.25) is 4.79 Å². The first-order valence-electron chi connectivity index (χ1n) is 7.98. The highest BCUT2D eigenvalue weighted by molar-refractivity contribution is 7.98. The van der Waals surface area contributed by atoms with Gasteiger partial charge in [-0.15, -0.1) is 0 Å². The molecule has 0 spiro atoms. The van der Waals surface area contributed by atoms with E-state index in [4.69, 9.17) is 0 Å². The molecule has 0 bridgehead atoms. The number of nitrogens with zero attached hydrogens (tertiary/aromatic N) is 5. The molecule has 0 unspecified atom stereocenters. The lowest BCUT2D eigenvalue weighted by molar-refractivity contribution is 0.0923. The molecule has 3 heterocycles. The van der Waals surface area contributed by atoms with Crippen molar-refractivity contribution in [3.63, 3.8) is 0 Å². The van der Waals surface area contributed by atoms with Crippen LogP contribution in [0.25, 0.3) is 0 Å². The van der Waals surface area contributed by atoms with Crippen molar-refractivity contribution in [3.8, 4) is 0 Å². The minimum absolute atomic E-state index is 0.0593. The summed E-state index contributed by atoms with van der Waals surface area (Å²) in [6.45, 7) is 3.74. The lowest BCUT2D eigenvalue weighted by Crippen LogP contribution is -2.45.